The molecule has 0 radical (unpaired) electrons. The van der Waals surface area contributed by atoms with Crippen LogP contribution in [0.15, 0.2) is 97.3 Å². The van der Waals surface area contributed by atoms with Crippen LogP contribution in [0.5, 0.6) is 17.4 Å². The minimum atomic E-state index is -0.0798. The predicted octanol–water partition coefficient (Wildman–Crippen LogP) is 6.16. The highest BCUT2D eigenvalue weighted by Crippen LogP contribution is 2.50. The van der Waals surface area contributed by atoms with Gasteiger partial charge in [-0.15, -0.1) is 5.10 Å². The van der Waals surface area contributed by atoms with E-state index in [0.717, 1.165) is 56.0 Å². The van der Waals surface area contributed by atoms with E-state index in [0.29, 0.717) is 12.3 Å². The zero-order valence-corrected chi connectivity index (χ0v) is 19.6. The molecule has 6 aromatic rings. The van der Waals surface area contributed by atoms with Gasteiger partial charge in [-0.05, 0) is 28.6 Å². The quantitative estimate of drug-likeness (QED) is 0.308. The van der Waals surface area contributed by atoms with Gasteiger partial charge in [0.15, 0.2) is 11.5 Å². The van der Waals surface area contributed by atoms with E-state index in [9.17, 15) is 0 Å². The van der Waals surface area contributed by atoms with Gasteiger partial charge < -0.3 is 9.47 Å². The Bertz CT molecular complexity index is 1730. The van der Waals surface area contributed by atoms with E-state index in [1.807, 2.05) is 42.5 Å². The van der Waals surface area contributed by atoms with Gasteiger partial charge in [-0.25, -0.2) is 14.5 Å². The molecule has 174 valence electrons. The molecule has 0 aliphatic carbocycles. The van der Waals surface area contributed by atoms with Crippen LogP contribution in [0.25, 0.3) is 16.4 Å². The Morgan fingerprint density at radius 3 is 2.53 bits per heavy atom. The van der Waals surface area contributed by atoms with Crippen LogP contribution in [-0.4, -0.2) is 26.7 Å². The monoisotopic (exact) mass is 470 g/mol. The molecule has 6 heteroatoms. The van der Waals surface area contributed by atoms with Crippen LogP contribution >= 0.6 is 0 Å². The van der Waals surface area contributed by atoms with Crippen molar-refractivity contribution in [1.29, 1.82) is 0 Å². The van der Waals surface area contributed by atoms with Gasteiger partial charge in [0.2, 0.25) is 5.88 Å². The molecule has 0 N–H and O–H groups in total. The summed E-state index contributed by atoms with van der Waals surface area (Å²) < 4.78 is 13.5. The number of ether oxygens (including phenoxy) is 2. The molecule has 0 saturated heterocycles. The summed E-state index contributed by atoms with van der Waals surface area (Å²) in [5.41, 5.74) is 5.06. The highest BCUT2D eigenvalue weighted by atomic mass is 16.5. The molecule has 2 aromatic heterocycles. The number of fused-ring (bicyclic) bond motifs is 6. The molecule has 1 aliphatic rings. The fourth-order valence-corrected chi connectivity index (χ4v) is 5.08. The Morgan fingerprint density at radius 2 is 1.69 bits per heavy atom. The number of hydrogen-bond donors (Lipinski definition) is 0. The Balaban J connectivity index is 1.40. The van der Waals surface area contributed by atoms with Crippen molar-refractivity contribution in [3.05, 3.63) is 125 Å². The van der Waals surface area contributed by atoms with E-state index in [-0.39, 0.29) is 5.92 Å². The molecule has 36 heavy (non-hydrogen) atoms. The van der Waals surface area contributed by atoms with Gasteiger partial charge in [0, 0.05) is 23.3 Å². The molecule has 7 rings (SSSR count). The first-order valence-corrected chi connectivity index (χ1v) is 11.9. The van der Waals surface area contributed by atoms with Crippen LogP contribution in [0.2, 0.25) is 0 Å². The number of methoxy groups -OCH3 is 1. The van der Waals surface area contributed by atoms with Crippen LogP contribution < -0.4 is 9.47 Å². The van der Waals surface area contributed by atoms with Crippen LogP contribution in [0.3, 0.4) is 0 Å². The molecule has 0 spiro atoms. The Hall–Kier alpha value is -4.71. The van der Waals surface area contributed by atoms with Crippen molar-refractivity contribution >= 4 is 16.4 Å². The maximum absolute atomic E-state index is 6.50. The van der Waals surface area contributed by atoms with Gasteiger partial charge in [0.25, 0.3) is 0 Å². The minimum Gasteiger partial charge on any atom is -0.497 e. The zero-order chi connectivity index (χ0) is 24.1. The molecular formula is C30H22N4O2. The summed E-state index contributed by atoms with van der Waals surface area (Å²) in [5.74, 6) is 2.90. The van der Waals surface area contributed by atoms with Crippen LogP contribution in [-0.2, 0) is 6.42 Å². The maximum atomic E-state index is 6.50. The second kappa shape index (κ2) is 8.20. The van der Waals surface area contributed by atoms with Crippen molar-refractivity contribution < 1.29 is 9.47 Å². The summed E-state index contributed by atoms with van der Waals surface area (Å²) in [7, 11) is 1.67. The molecule has 0 fully saturated rings. The number of nitrogens with zero attached hydrogens (tertiary/aromatic N) is 4. The average Bonchev–Trinajstić information content (AvgIpc) is 3.35. The van der Waals surface area contributed by atoms with Crippen molar-refractivity contribution in [3.8, 4) is 17.4 Å². The fourth-order valence-electron chi connectivity index (χ4n) is 5.08. The number of aromatic nitrogens is 4. The summed E-state index contributed by atoms with van der Waals surface area (Å²) in [4.78, 5) is 9.67. The van der Waals surface area contributed by atoms with E-state index < -0.39 is 0 Å². The first-order chi connectivity index (χ1) is 17.8. The molecular weight excluding hydrogens is 448 g/mol. The first-order valence-electron chi connectivity index (χ1n) is 11.9. The molecule has 0 amide bonds. The lowest BCUT2D eigenvalue weighted by molar-refractivity contribution is 0.414. The second-order valence-corrected chi connectivity index (χ2v) is 8.94. The van der Waals surface area contributed by atoms with E-state index in [4.69, 9.17) is 24.5 Å². The van der Waals surface area contributed by atoms with Gasteiger partial charge in [-0.1, -0.05) is 78.9 Å². The number of rotatable bonds is 4. The third-order valence-electron chi connectivity index (χ3n) is 6.79. The fraction of sp³-hybridized carbons (Fsp3) is 0.100. The summed E-state index contributed by atoms with van der Waals surface area (Å²) >= 11 is 0. The Kier molecular flexibility index (Phi) is 4.70. The SMILES string of the molecule is COc1ccc(Cc2nc3c4c(ncn3n2)Oc2c(ccc3ccccc23)[C@H]4c2ccccc2)cc1. The Morgan fingerprint density at radius 1 is 0.889 bits per heavy atom. The molecule has 6 nitrogen and oxygen atoms in total. The van der Waals surface area contributed by atoms with Gasteiger partial charge in [0.1, 0.15) is 17.8 Å². The summed E-state index contributed by atoms with van der Waals surface area (Å²) in [6, 6.07) is 31.1. The van der Waals surface area contributed by atoms with Crippen molar-refractivity contribution in [3.63, 3.8) is 0 Å². The third-order valence-corrected chi connectivity index (χ3v) is 6.79. The lowest BCUT2D eigenvalue weighted by atomic mass is 9.83. The predicted molar refractivity (Wildman–Crippen MR) is 138 cm³/mol. The first kappa shape index (κ1) is 20.6. The highest BCUT2D eigenvalue weighted by molar-refractivity contribution is 5.91. The molecule has 1 atom stereocenters. The van der Waals surface area contributed by atoms with E-state index in [1.165, 1.54) is 0 Å². The summed E-state index contributed by atoms with van der Waals surface area (Å²) in [6.07, 6.45) is 2.30. The second-order valence-electron chi connectivity index (χ2n) is 8.94. The molecule has 0 unspecified atom stereocenters. The van der Waals surface area contributed by atoms with Crippen molar-refractivity contribution in [2.45, 2.75) is 12.3 Å². The Labute approximate surface area is 207 Å². The number of benzene rings is 4. The highest BCUT2D eigenvalue weighted by Gasteiger charge is 2.34. The third kappa shape index (κ3) is 3.30. The van der Waals surface area contributed by atoms with E-state index >= 15 is 0 Å². The zero-order valence-electron chi connectivity index (χ0n) is 19.6. The topological polar surface area (TPSA) is 61.5 Å². The van der Waals surface area contributed by atoms with Gasteiger partial charge >= 0.3 is 0 Å². The summed E-state index contributed by atoms with van der Waals surface area (Å²) in [5, 5.41) is 6.96. The molecule has 3 heterocycles. The minimum absolute atomic E-state index is 0.0798. The number of hydrogen-bond acceptors (Lipinski definition) is 5. The van der Waals surface area contributed by atoms with E-state index in [2.05, 4.69) is 48.5 Å². The lowest BCUT2D eigenvalue weighted by Crippen LogP contribution is -2.15. The normalized spacial score (nSPS) is 14.3. The van der Waals surface area contributed by atoms with Crippen LogP contribution in [0.1, 0.15) is 34.0 Å². The molecule has 0 saturated carbocycles. The van der Waals surface area contributed by atoms with Crippen molar-refractivity contribution in [1.82, 2.24) is 19.6 Å². The van der Waals surface area contributed by atoms with Gasteiger partial charge in [-0.3, -0.25) is 0 Å². The molecule has 1 aliphatic heterocycles. The molecule has 0 bridgehead atoms. The standard InChI is InChI=1S/C30H22N4O2/c1-35-22-14-11-19(12-15-22)17-25-32-29-27-26(21-8-3-2-4-9-21)24-16-13-20-7-5-6-10-23(20)28(24)36-30(27)31-18-34(29)33-25/h2-16,18,26H,17H2,1H3/t26-/m1/s1. The van der Waals surface area contributed by atoms with Gasteiger partial charge in [0.05, 0.1) is 12.7 Å². The average molecular weight is 471 g/mol. The maximum Gasteiger partial charge on any atom is 0.228 e. The van der Waals surface area contributed by atoms with Crippen LogP contribution in [0, 0.1) is 0 Å². The lowest BCUT2D eigenvalue weighted by Gasteiger charge is -2.28. The van der Waals surface area contributed by atoms with Crippen molar-refractivity contribution in [2.75, 3.05) is 7.11 Å². The van der Waals surface area contributed by atoms with Crippen LogP contribution in [0.4, 0.5) is 0 Å². The smallest absolute Gasteiger partial charge is 0.228 e. The van der Waals surface area contributed by atoms with Crippen molar-refractivity contribution in [2.24, 2.45) is 0 Å². The molecule has 4 aromatic carbocycles. The van der Waals surface area contributed by atoms with E-state index in [1.54, 1.807) is 18.0 Å². The summed E-state index contributed by atoms with van der Waals surface area (Å²) in [6.45, 7) is 0. The van der Waals surface area contributed by atoms with Gasteiger partial charge in [-0.2, -0.15) is 0 Å². The largest absolute Gasteiger partial charge is 0.497 e.